The second-order valence-corrected chi connectivity index (χ2v) is 5.53. The summed E-state index contributed by atoms with van der Waals surface area (Å²) in [4.78, 5) is 3.39. The monoisotopic (exact) mass is 305 g/mol. The van der Waals surface area contributed by atoms with Gasteiger partial charge in [-0.05, 0) is 22.0 Å². The number of hydrogen-bond donors (Lipinski definition) is 0. The Labute approximate surface area is 91.6 Å². The van der Waals surface area contributed by atoms with Gasteiger partial charge in [0.25, 0.3) is 15.5 Å². The van der Waals surface area contributed by atoms with Crippen LogP contribution in [-0.2, 0) is 9.05 Å². The van der Waals surface area contributed by atoms with E-state index in [4.69, 9.17) is 10.7 Å². The molecule has 0 radical (unpaired) electrons. The van der Waals surface area contributed by atoms with Crippen molar-refractivity contribution in [1.82, 2.24) is 4.98 Å². The van der Waals surface area contributed by atoms with E-state index in [0.29, 0.717) is 0 Å². The van der Waals surface area contributed by atoms with Crippen LogP contribution in [0.25, 0.3) is 0 Å². The van der Waals surface area contributed by atoms with Gasteiger partial charge in [0, 0.05) is 22.4 Å². The first kappa shape index (κ1) is 11.8. The minimum Gasteiger partial charge on any atom is -0.243 e. The number of rotatable bonds is 2. The highest BCUT2D eigenvalue weighted by Crippen LogP contribution is 2.32. The standard InChI is InChI=1S/C6H3BrClF2NO2S/c7-4-3(5(9)10)1-2-11-6(4)14(8,12)13/h1-2,5H. The van der Waals surface area contributed by atoms with Gasteiger partial charge in [-0.3, -0.25) is 0 Å². The third-order valence-corrected chi connectivity index (χ3v) is 3.66. The van der Waals surface area contributed by atoms with Crippen LogP contribution in [0.3, 0.4) is 0 Å². The van der Waals surface area contributed by atoms with E-state index in [1.165, 1.54) is 0 Å². The van der Waals surface area contributed by atoms with Gasteiger partial charge in [0.2, 0.25) is 0 Å². The van der Waals surface area contributed by atoms with Gasteiger partial charge in [0.1, 0.15) is 0 Å². The zero-order valence-electron chi connectivity index (χ0n) is 6.42. The SMILES string of the molecule is O=S(=O)(Cl)c1nccc(C(F)F)c1Br. The molecular formula is C6H3BrClF2NO2S. The van der Waals surface area contributed by atoms with Crippen LogP contribution in [0.2, 0.25) is 0 Å². The maximum atomic E-state index is 12.3. The average Bonchev–Trinajstić information content (AvgIpc) is 2.01. The lowest BCUT2D eigenvalue weighted by Crippen LogP contribution is -1.99. The van der Waals surface area contributed by atoms with E-state index in [-0.39, 0.29) is 4.47 Å². The lowest BCUT2D eigenvalue weighted by Gasteiger charge is -2.04. The summed E-state index contributed by atoms with van der Waals surface area (Å²) in [5.41, 5.74) is -0.459. The Hall–Kier alpha value is -0.270. The number of halogens is 4. The maximum Gasteiger partial charge on any atom is 0.279 e. The zero-order chi connectivity index (χ0) is 10.9. The molecule has 3 nitrogen and oxygen atoms in total. The summed E-state index contributed by atoms with van der Waals surface area (Å²) in [6.07, 6.45) is -1.83. The van der Waals surface area contributed by atoms with E-state index >= 15 is 0 Å². The van der Waals surface area contributed by atoms with Gasteiger partial charge < -0.3 is 0 Å². The Bertz CT molecular complexity index is 451. The van der Waals surface area contributed by atoms with Crippen LogP contribution < -0.4 is 0 Å². The summed E-state index contributed by atoms with van der Waals surface area (Å²) in [5, 5.41) is -0.600. The van der Waals surface area contributed by atoms with Crippen molar-refractivity contribution in [2.24, 2.45) is 0 Å². The molecule has 0 N–H and O–H groups in total. The van der Waals surface area contributed by atoms with Crippen LogP contribution in [-0.4, -0.2) is 13.4 Å². The maximum absolute atomic E-state index is 12.3. The zero-order valence-corrected chi connectivity index (χ0v) is 9.57. The average molecular weight is 307 g/mol. The molecule has 0 spiro atoms. The molecule has 0 aliphatic carbocycles. The number of pyridine rings is 1. The summed E-state index contributed by atoms with van der Waals surface area (Å²) in [7, 11) is 0.867. The second kappa shape index (κ2) is 4.08. The first-order chi connectivity index (χ1) is 6.34. The van der Waals surface area contributed by atoms with Crippen LogP contribution >= 0.6 is 26.6 Å². The van der Waals surface area contributed by atoms with E-state index in [1.54, 1.807) is 0 Å². The van der Waals surface area contributed by atoms with Crippen LogP contribution in [0, 0.1) is 0 Å². The van der Waals surface area contributed by atoms with Gasteiger partial charge in [0.05, 0.1) is 4.47 Å². The van der Waals surface area contributed by atoms with Crippen LogP contribution in [0.15, 0.2) is 21.8 Å². The fraction of sp³-hybridized carbons (Fsp3) is 0.167. The minimum atomic E-state index is -4.11. The largest absolute Gasteiger partial charge is 0.279 e. The van der Waals surface area contributed by atoms with Crippen molar-refractivity contribution < 1.29 is 17.2 Å². The molecule has 0 fully saturated rings. The lowest BCUT2D eigenvalue weighted by molar-refractivity contribution is 0.150. The number of hydrogen-bond acceptors (Lipinski definition) is 3. The molecule has 8 heteroatoms. The van der Waals surface area contributed by atoms with Crippen LogP contribution in [0.4, 0.5) is 8.78 Å². The fourth-order valence-corrected chi connectivity index (χ4v) is 2.97. The van der Waals surface area contributed by atoms with E-state index in [0.717, 1.165) is 12.3 Å². The highest BCUT2D eigenvalue weighted by molar-refractivity contribution is 9.10. The molecule has 0 amide bonds. The van der Waals surface area contributed by atoms with Gasteiger partial charge in [-0.1, -0.05) is 0 Å². The van der Waals surface area contributed by atoms with Crippen molar-refractivity contribution in [3.63, 3.8) is 0 Å². The van der Waals surface area contributed by atoms with E-state index in [2.05, 4.69) is 20.9 Å². The van der Waals surface area contributed by atoms with E-state index in [9.17, 15) is 17.2 Å². The van der Waals surface area contributed by atoms with Gasteiger partial charge in [0.15, 0.2) is 5.03 Å². The molecule has 78 valence electrons. The Kier molecular flexibility index (Phi) is 3.44. The first-order valence-electron chi connectivity index (χ1n) is 3.21. The summed E-state index contributed by atoms with van der Waals surface area (Å²) >= 11 is 2.71. The van der Waals surface area contributed by atoms with E-state index in [1.807, 2.05) is 0 Å². The van der Waals surface area contributed by atoms with Crippen LogP contribution in [0.5, 0.6) is 0 Å². The Balaban J connectivity index is 3.43. The van der Waals surface area contributed by atoms with Gasteiger partial charge >= 0.3 is 0 Å². The molecule has 0 saturated heterocycles. The van der Waals surface area contributed by atoms with Crippen LogP contribution in [0.1, 0.15) is 12.0 Å². The van der Waals surface area contributed by atoms with Gasteiger partial charge in [-0.2, -0.15) is 0 Å². The van der Waals surface area contributed by atoms with Crippen molar-refractivity contribution in [3.05, 3.63) is 22.3 Å². The lowest BCUT2D eigenvalue weighted by atomic mass is 10.3. The second-order valence-electron chi connectivity index (χ2n) is 2.26. The van der Waals surface area contributed by atoms with Crippen molar-refractivity contribution in [2.75, 3.05) is 0 Å². The summed E-state index contributed by atoms with van der Waals surface area (Å²) in [6, 6.07) is 1.01. The predicted octanol–water partition coefficient (Wildman–Crippen LogP) is 2.71. The van der Waals surface area contributed by atoms with Gasteiger partial charge in [-0.15, -0.1) is 0 Å². The molecule has 1 aromatic rings. The molecule has 0 aliphatic heterocycles. The van der Waals surface area contributed by atoms with Crippen molar-refractivity contribution in [3.8, 4) is 0 Å². The Morgan fingerprint density at radius 1 is 1.50 bits per heavy atom. The summed E-state index contributed by atoms with van der Waals surface area (Å²) in [5.74, 6) is 0. The quantitative estimate of drug-likeness (QED) is 0.789. The predicted molar refractivity (Wildman–Crippen MR) is 49.9 cm³/mol. The molecule has 0 unspecified atom stereocenters. The van der Waals surface area contributed by atoms with Crippen molar-refractivity contribution >= 4 is 35.7 Å². The molecule has 0 aliphatic rings. The summed E-state index contributed by atoms with van der Waals surface area (Å²) in [6.45, 7) is 0. The molecule has 1 aromatic heterocycles. The minimum absolute atomic E-state index is 0.301. The molecule has 1 rings (SSSR count). The van der Waals surface area contributed by atoms with Gasteiger partial charge in [-0.25, -0.2) is 22.2 Å². The smallest absolute Gasteiger partial charge is 0.243 e. The third-order valence-electron chi connectivity index (χ3n) is 1.35. The highest BCUT2D eigenvalue weighted by atomic mass is 79.9. The molecular weight excluding hydrogens is 303 g/mol. The molecule has 0 saturated carbocycles. The molecule has 0 bridgehead atoms. The fourth-order valence-electron chi connectivity index (χ4n) is 0.777. The third kappa shape index (κ3) is 2.40. The first-order valence-corrected chi connectivity index (χ1v) is 6.31. The number of nitrogens with zero attached hydrogens (tertiary/aromatic N) is 1. The van der Waals surface area contributed by atoms with E-state index < -0.39 is 26.1 Å². The van der Waals surface area contributed by atoms with Crippen molar-refractivity contribution in [1.29, 1.82) is 0 Å². The van der Waals surface area contributed by atoms with Crippen molar-refractivity contribution in [2.45, 2.75) is 11.5 Å². The molecule has 0 aromatic carbocycles. The highest BCUT2D eigenvalue weighted by Gasteiger charge is 2.22. The Morgan fingerprint density at radius 3 is 2.50 bits per heavy atom. The normalized spacial score (nSPS) is 12.1. The summed E-state index contributed by atoms with van der Waals surface area (Å²) < 4.78 is 46.0. The molecule has 0 atom stereocenters. The topological polar surface area (TPSA) is 47.0 Å². The number of aromatic nitrogens is 1. The molecule has 14 heavy (non-hydrogen) atoms. The number of alkyl halides is 2. The Morgan fingerprint density at radius 2 is 2.07 bits per heavy atom. The molecule has 1 heterocycles.